The number of likely N-dealkylation sites (N-methyl/N-ethyl adjacent to an activating group) is 4. The zero-order valence-electron chi connectivity index (χ0n) is 64.9. The van der Waals surface area contributed by atoms with Gasteiger partial charge in [0.2, 0.25) is 40.9 Å². The molecule has 109 heavy (non-hydrogen) atoms. The van der Waals surface area contributed by atoms with Crippen LogP contribution < -0.4 is 37.2 Å². The number of phenols is 2. The predicted octanol–water partition coefficient (Wildman–Crippen LogP) is 5.25. The number of Topliss-reactive ketones (excluding diaryl/α,β-unsaturated/α-hetero) is 3. The van der Waals surface area contributed by atoms with Crippen LogP contribution in [0.15, 0.2) is 63.8 Å². The first-order chi connectivity index (χ1) is 51.2. The maximum atomic E-state index is 15.2. The molecule has 12 atom stereocenters. The molecule has 4 fully saturated rings. The van der Waals surface area contributed by atoms with Crippen LogP contribution in [0.1, 0.15) is 156 Å². The lowest BCUT2D eigenvalue weighted by molar-refractivity contribution is -0.163. The number of hydrogen-bond acceptors (Lipinski definition) is 22. The molecule has 8 N–H and O–H groups in total. The Bertz CT molecular complexity index is 4400. The summed E-state index contributed by atoms with van der Waals surface area (Å²) in [6, 6.07) is 5.38. The van der Waals surface area contributed by atoms with Gasteiger partial charge in [0, 0.05) is 69.9 Å². The summed E-state index contributed by atoms with van der Waals surface area (Å²) in [5.74, 6) is -14.7. The fourth-order valence-electron chi connectivity index (χ4n) is 14.9. The number of nitrogens with zero attached hydrogens (tertiary/aromatic N) is 5. The number of ketones is 3. The van der Waals surface area contributed by atoms with Crippen molar-refractivity contribution in [2.75, 3.05) is 54.1 Å². The lowest BCUT2D eigenvalue weighted by Crippen LogP contribution is -2.59. The zero-order valence-corrected chi connectivity index (χ0v) is 64.9. The Balaban J connectivity index is 0.000000680. The van der Waals surface area contributed by atoms with Gasteiger partial charge in [-0.05, 0) is 119 Å². The van der Waals surface area contributed by atoms with E-state index in [2.05, 4.69) is 21.3 Å². The monoisotopic (exact) mass is 1510 g/mol. The second-order valence-corrected chi connectivity index (χ2v) is 30.4. The molecule has 2 saturated heterocycles. The standard InChI is InChI=1S/C64H88N10O16.C15H14O4/c1-27(2)44-53(78)35-19-17-21-37(35)61(84)71(13)25-40(75)73(15)50(29(5)6)63(86)88-33(11)46(59(82)67-44)69-57(80)39-24-23-31(9)55-48(39)66-49-42(43(65)52(77)32(10)56(49)90-55)58(81)70-47-34(12)89-64(87)51(30(7)8)74(16)41(76)26-72(14)62(85)38-22-18-20-36(38)54(79)45(28(3)4)68-60(47)83;1-19-12-5-2-10(3-6-12)8-14(17)13-7-4-11(16)9-15(13)18/h23-24,27-30,33-38,44-47,50-51H,17-22,25-26,65H2,1-16H3,(H,67,82)(H,68,83)(H,69,80)(H,70,81);2-7,9,16,18H,8H2,1H3. The van der Waals surface area contributed by atoms with E-state index in [1.807, 2.05) is 0 Å². The number of aromatic hydroxyl groups is 2. The van der Waals surface area contributed by atoms with Gasteiger partial charge >= 0.3 is 11.9 Å². The zero-order chi connectivity index (χ0) is 80.8. The maximum absolute atomic E-state index is 15.2. The quantitative estimate of drug-likeness (QED) is 0.0363. The highest BCUT2D eigenvalue weighted by Crippen LogP contribution is 2.39. The number of esters is 2. The summed E-state index contributed by atoms with van der Waals surface area (Å²) < 4.78 is 23.4. The molecule has 30 heteroatoms. The highest BCUT2D eigenvalue weighted by atomic mass is 16.6. The summed E-state index contributed by atoms with van der Waals surface area (Å²) >= 11 is 0. The molecule has 8 amide bonds. The number of nitrogens with two attached hydrogens (primary N) is 1. The molecule has 2 saturated carbocycles. The predicted molar refractivity (Wildman–Crippen MR) is 398 cm³/mol. The number of fused-ring (bicyclic) bond motifs is 4. The molecule has 0 aromatic heterocycles. The number of amides is 8. The van der Waals surface area contributed by atoms with Crippen molar-refractivity contribution in [3.63, 3.8) is 0 Å². The number of carbonyl (C=O) groups is 13. The van der Waals surface area contributed by atoms with E-state index >= 15 is 9.59 Å². The molecule has 3 aromatic carbocycles. The maximum Gasteiger partial charge on any atom is 0.329 e. The fourth-order valence-corrected chi connectivity index (χ4v) is 14.9. The van der Waals surface area contributed by atoms with E-state index in [0.29, 0.717) is 44.1 Å². The lowest BCUT2D eigenvalue weighted by atomic mass is 9.83. The van der Waals surface area contributed by atoms with Crippen LogP contribution in [0.2, 0.25) is 0 Å². The van der Waals surface area contributed by atoms with Crippen LogP contribution in [0.25, 0.3) is 22.6 Å². The Morgan fingerprint density at radius 2 is 1.06 bits per heavy atom. The second kappa shape index (κ2) is 35.0. The van der Waals surface area contributed by atoms with Gasteiger partial charge in [-0.2, -0.15) is 0 Å². The van der Waals surface area contributed by atoms with E-state index in [1.165, 1.54) is 83.0 Å². The van der Waals surface area contributed by atoms with Gasteiger partial charge in [0.15, 0.2) is 28.7 Å². The van der Waals surface area contributed by atoms with E-state index in [-0.39, 0.29) is 62.9 Å². The number of benzene rings is 4. The summed E-state index contributed by atoms with van der Waals surface area (Å²) in [6.07, 6.45) is -0.471. The van der Waals surface area contributed by atoms with Crippen molar-refractivity contribution in [2.24, 2.45) is 47.3 Å². The van der Waals surface area contributed by atoms with Crippen molar-refractivity contribution in [3.05, 3.63) is 98.2 Å². The van der Waals surface area contributed by atoms with Crippen LogP contribution >= 0.6 is 0 Å². The third-order valence-corrected chi connectivity index (χ3v) is 21.2. The second-order valence-electron chi connectivity index (χ2n) is 30.4. The largest absolute Gasteiger partial charge is 0.508 e. The van der Waals surface area contributed by atoms with Crippen molar-refractivity contribution in [1.82, 2.24) is 45.9 Å². The molecular weight excluding hydrogens is 1410 g/mol. The van der Waals surface area contributed by atoms with Gasteiger partial charge in [-0.15, -0.1) is 0 Å². The Morgan fingerprint density at radius 1 is 0.615 bits per heavy atom. The van der Waals surface area contributed by atoms with Crippen LogP contribution in [-0.2, 0) is 63.8 Å². The van der Waals surface area contributed by atoms with Gasteiger partial charge in [0.05, 0.1) is 54.7 Å². The number of ether oxygens (including phenoxy) is 3. The third-order valence-electron chi connectivity index (χ3n) is 21.2. The number of aryl methyl sites for hydroxylation is 1. The van der Waals surface area contributed by atoms with E-state index in [0.717, 1.165) is 27.2 Å². The molecule has 6 aliphatic rings. The minimum Gasteiger partial charge on any atom is -0.508 e. The number of rotatable bonds is 12. The Hall–Kier alpha value is -10.8. The lowest BCUT2D eigenvalue weighted by Gasteiger charge is -2.35. The SMILES string of the molecule is COc1ccc(CC(=O)c2ccc(O)cc2O)cc1.Cc1c2oc3c(C)ccc(C(=O)NC4C(=O)NC(C(C)C)C(=O)C5CCCC5C(=O)N(C)CC(=O)N(C)C(C(C)C)C(=O)OC4C)c3nc-2c(C(=O)NC2C(=O)NC(C(C)C)C(=O)C3CCCC3C(=O)N(C)CC(=O)N(C)C(C(C)C)C(=O)OC2C)c(N)c1=O. The summed E-state index contributed by atoms with van der Waals surface area (Å²) in [5, 5.41) is 29.6. The van der Waals surface area contributed by atoms with Crippen molar-refractivity contribution in [3.8, 4) is 28.7 Å². The van der Waals surface area contributed by atoms with Crippen LogP contribution in [0.5, 0.6) is 17.2 Å². The first-order valence-corrected chi connectivity index (χ1v) is 36.8. The normalized spacial score (nSPS) is 24.7. The number of nitrogens with one attached hydrogen (secondary N) is 4. The molecule has 588 valence electrons. The minimum atomic E-state index is -1.86. The van der Waals surface area contributed by atoms with E-state index in [9.17, 15) is 67.7 Å². The fraction of sp³-hybridized carbons (Fsp3) is 0.532. The van der Waals surface area contributed by atoms with Crippen LogP contribution in [0, 0.1) is 61.2 Å². The first kappa shape index (κ1) is 83.8. The van der Waals surface area contributed by atoms with Crippen molar-refractivity contribution >= 4 is 93.3 Å². The minimum absolute atomic E-state index is 0.0668. The van der Waals surface area contributed by atoms with Crippen molar-refractivity contribution < 1.29 is 91.2 Å². The van der Waals surface area contributed by atoms with Crippen LogP contribution in [0.3, 0.4) is 0 Å². The highest BCUT2D eigenvalue weighted by molar-refractivity contribution is 6.11. The smallest absolute Gasteiger partial charge is 0.329 e. The summed E-state index contributed by atoms with van der Waals surface area (Å²) in [4.78, 5) is 209. The topological polar surface area (TPSA) is 420 Å². The Labute approximate surface area is 632 Å². The number of nitrogen functional groups attached to an aromatic ring is 1. The Morgan fingerprint density at radius 3 is 1.50 bits per heavy atom. The van der Waals surface area contributed by atoms with Gasteiger partial charge in [-0.1, -0.05) is 86.4 Å². The number of aromatic nitrogens is 1. The van der Waals surface area contributed by atoms with Crippen molar-refractivity contribution in [1.29, 1.82) is 0 Å². The Kier molecular flexibility index (Phi) is 26.9. The average Bonchev–Trinajstić information content (AvgIpc) is 1.34. The molecule has 0 spiro atoms. The van der Waals surface area contributed by atoms with Gasteiger partial charge in [0.1, 0.15) is 64.8 Å². The number of phenolic OH excluding ortho intramolecular Hbond substituents is 2. The molecule has 3 aliphatic carbocycles. The molecule has 30 nitrogen and oxygen atoms in total. The summed E-state index contributed by atoms with van der Waals surface area (Å²) in [5.41, 5.74) is 4.70. The number of anilines is 1. The number of carbonyl (C=O) groups excluding carboxylic acids is 13. The first-order valence-electron chi connectivity index (χ1n) is 36.8. The highest BCUT2D eigenvalue weighted by Gasteiger charge is 2.48. The summed E-state index contributed by atoms with van der Waals surface area (Å²) in [6.45, 7) is 18.3. The summed E-state index contributed by atoms with van der Waals surface area (Å²) in [7, 11) is 7.24. The van der Waals surface area contributed by atoms with Crippen molar-refractivity contribution in [2.45, 2.75) is 176 Å². The molecular formula is C79H102N10O20. The van der Waals surface area contributed by atoms with E-state index in [1.54, 1.807) is 93.7 Å². The third kappa shape index (κ3) is 18.3. The molecule has 9 rings (SSSR count). The number of cyclic esters (lactones) is 2. The number of methoxy groups -OCH3 is 1. The molecule has 3 heterocycles. The van der Waals surface area contributed by atoms with Gasteiger partial charge in [-0.3, -0.25) is 57.5 Å². The van der Waals surface area contributed by atoms with Crippen LogP contribution in [-0.4, -0.2) is 208 Å². The number of hydrogen-bond donors (Lipinski definition) is 7. The molecule has 3 aliphatic heterocycles. The van der Waals surface area contributed by atoms with E-state index < -0.39 is 196 Å². The molecule has 0 radical (unpaired) electrons. The van der Waals surface area contributed by atoms with E-state index in [4.69, 9.17) is 29.3 Å². The molecule has 12 unspecified atom stereocenters. The molecule has 3 aromatic rings. The van der Waals surface area contributed by atoms with Gasteiger partial charge < -0.3 is 75.4 Å². The van der Waals surface area contributed by atoms with Crippen LogP contribution in [0.4, 0.5) is 5.69 Å². The van der Waals surface area contributed by atoms with Gasteiger partial charge in [-0.25, -0.2) is 14.6 Å². The average molecular weight is 1510 g/mol. The molecule has 0 bridgehead atoms. The van der Waals surface area contributed by atoms with Gasteiger partial charge in [0.25, 0.3) is 11.8 Å².